The van der Waals surface area contributed by atoms with E-state index in [1.807, 2.05) is 18.7 Å². The van der Waals surface area contributed by atoms with E-state index in [9.17, 15) is 0 Å². The van der Waals surface area contributed by atoms with Gasteiger partial charge in [-0.05, 0) is 26.1 Å². The predicted molar refractivity (Wildman–Crippen MR) is 70.5 cm³/mol. The molecule has 5 nitrogen and oxygen atoms in total. The van der Waals surface area contributed by atoms with Gasteiger partial charge in [-0.25, -0.2) is 9.97 Å². The van der Waals surface area contributed by atoms with E-state index >= 15 is 0 Å². The van der Waals surface area contributed by atoms with Gasteiger partial charge in [0.15, 0.2) is 0 Å². The third-order valence-corrected chi connectivity index (χ3v) is 3.88. The molecule has 1 saturated heterocycles. The first kappa shape index (κ1) is 10.1. The van der Waals surface area contributed by atoms with Crippen molar-refractivity contribution in [3.63, 3.8) is 0 Å². The average molecular weight is 241 g/mol. The average Bonchev–Trinajstić information content (AvgIpc) is 3.03. The van der Waals surface area contributed by atoms with Crippen LogP contribution in [0.5, 0.6) is 0 Å². The quantitative estimate of drug-likeness (QED) is 0.706. The number of fused-ring (bicyclic) bond motifs is 3. The lowest BCUT2D eigenvalue weighted by atomic mass is 10.2. The molecule has 1 N–H and O–H groups in total. The van der Waals surface area contributed by atoms with E-state index in [1.165, 1.54) is 17.3 Å². The van der Waals surface area contributed by atoms with E-state index in [0.29, 0.717) is 6.04 Å². The molecule has 1 atom stereocenters. The van der Waals surface area contributed by atoms with Gasteiger partial charge in [0.05, 0.1) is 18.0 Å². The minimum atomic E-state index is 0.528. The first-order valence-corrected chi connectivity index (χ1v) is 6.30. The highest BCUT2D eigenvalue weighted by Crippen LogP contribution is 2.28. The van der Waals surface area contributed by atoms with Crippen LogP contribution in [0.2, 0.25) is 0 Å². The minimum Gasteiger partial charge on any atom is -0.346 e. The second kappa shape index (κ2) is 3.55. The molecule has 4 heterocycles. The summed E-state index contributed by atoms with van der Waals surface area (Å²) in [4.78, 5) is 14.4. The molecule has 0 aliphatic carbocycles. The first-order valence-electron chi connectivity index (χ1n) is 6.30. The highest BCUT2D eigenvalue weighted by molar-refractivity contribution is 6.00. The molecule has 3 aromatic rings. The Kier molecular flexibility index (Phi) is 1.99. The van der Waals surface area contributed by atoms with Crippen molar-refractivity contribution in [1.29, 1.82) is 0 Å². The van der Waals surface area contributed by atoms with Gasteiger partial charge in [-0.3, -0.25) is 0 Å². The summed E-state index contributed by atoms with van der Waals surface area (Å²) in [6.07, 6.45) is 6.94. The molecule has 1 fully saturated rings. The van der Waals surface area contributed by atoms with Crippen molar-refractivity contribution in [1.82, 2.24) is 24.4 Å². The summed E-state index contributed by atoms with van der Waals surface area (Å²) in [5, 5.41) is 1.17. The fraction of sp³-hybridized carbons (Fsp3) is 0.385. The van der Waals surface area contributed by atoms with E-state index in [4.69, 9.17) is 0 Å². The van der Waals surface area contributed by atoms with Crippen LogP contribution in [0, 0.1) is 0 Å². The Morgan fingerprint density at radius 2 is 2.33 bits per heavy atom. The Labute approximate surface area is 104 Å². The first-order chi connectivity index (χ1) is 8.83. The topological polar surface area (TPSA) is 49.7 Å². The van der Waals surface area contributed by atoms with Crippen molar-refractivity contribution < 1.29 is 0 Å². The number of pyridine rings is 1. The molecule has 92 valence electrons. The van der Waals surface area contributed by atoms with Crippen LogP contribution in [-0.4, -0.2) is 44.6 Å². The van der Waals surface area contributed by atoms with Crippen molar-refractivity contribution in [3.05, 3.63) is 24.8 Å². The highest BCUT2D eigenvalue weighted by Gasteiger charge is 2.23. The summed E-state index contributed by atoms with van der Waals surface area (Å²) in [5.74, 6) is 0. The van der Waals surface area contributed by atoms with Crippen molar-refractivity contribution in [2.24, 2.45) is 0 Å². The van der Waals surface area contributed by atoms with Gasteiger partial charge in [-0.1, -0.05) is 0 Å². The van der Waals surface area contributed by atoms with Crippen LogP contribution in [0.25, 0.3) is 22.1 Å². The lowest BCUT2D eigenvalue weighted by Crippen LogP contribution is -2.16. The van der Waals surface area contributed by atoms with Crippen LogP contribution < -0.4 is 0 Å². The van der Waals surface area contributed by atoms with Crippen LogP contribution in [0.3, 0.4) is 0 Å². The molecule has 0 amide bonds. The van der Waals surface area contributed by atoms with Crippen LogP contribution in [0.15, 0.2) is 24.8 Å². The van der Waals surface area contributed by atoms with Gasteiger partial charge in [-0.2, -0.15) is 0 Å². The maximum atomic E-state index is 4.49. The molecule has 0 spiro atoms. The smallest absolute Gasteiger partial charge is 0.139 e. The molecule has 3 aromatic heterocycles. The molecular weight excluding hydrogens is 226 g/mol. The molecule has 0 saturated carbocycles. The monoisotopic (exact) mass is 241 g/mol. The van der Waals surface area contributed by atoms with E-state index < -0.39 is 0 Å². The summed E-state index contributed by atoms with van der Waals surface area (Å²) >= 11 is 0. The molecule has 0 unspecified atom stereocenters. The summed E-state index contributed by atoms with van der Waals surface area (Å²) in [6.45, 7) is 2.26. The fourth-order valence-electron chi connectivity index (χ4n) is 2.95. The summed E-state index contributed by atoms with van der Waals surface area (Å²) < 4.78 is 2.32. The largest absolute Gasteiger partial charge is 0.346 e. The highest BCUT2D eigenvalue weighted by atomic mass is 15.2. The summed E-state index contributed by atoms with van der Waals surface area (Å²) in [7, 11) is 2.17. The minimum absolute atomic E-state index is 0.528. The van der Waals surface area contributed by atoms with Gasteiger partial charge < -0.3 is 14.5 Å². The van der Waals surface area contributed by atoms with Gasteiger partial charge in [0.2, 0.25) is 0 Å². The molecule has 4 rings (SSSR count). The van der Waals surface area contributed by atoms with E-state index in [0.717, 1.165) is 24.3 Å². The van der Waals surface area contributed by atoms with Crippen LogP contribution in [0.1, 0.15) is 12.5 Å². The number of nitrogens with zero attached hydrogens (tertiary/aromatic N) is 4. The molecule has 5 heteroatoms. The Morgan fingerprint density at radius 1 is 1.39 bits per heavy atom. The van der Waals surface area contributed by atoms with Crippen molar-refractivity contribution in [3.8, 4) is 0 Å². The van der Waals surface area contributed by atoms with Gasteiger partial charge in [0, 0.05) is 24.2 Å². The third-order valence-electron chi connectivity index (χ3n) is 3.88. The summed E-state index contributed by atoms with van der Waals surface area (Å²) in [6, 6.07) is 2.61. The number of nitrogens with one attached hydrogen (secondary N) is 1. The van der Waals surface area contributed by atoms with Crippen LogP contribution in [0.4, 0.5) is 0 Å². The number of likely N-dealkylation sites (N-methyl/N-ethyl adjacent to an activating group) is 1. The zero-order chi connectivity index (χ0) is 12.1. The standard InChI is InChI=1S/C13H15N5/c1-17-5-3-9(7-17)18-8-16-11-6-15-13-10(12(11)18)2-4-14-13/h2,4,6,8-9H,3,5,7H2,1H3,(H,14,15)/t9-/m1/s1. The number of aromatic amines is 1. The number of imidazole rings is 1. The maximum absolute atomic E-state index is 4.49. The number of rotatable bonds is 1. The van der Waals surface area contributed by atoms with E-state index in [2.05, 4.69) is 37.5 Å². The Bertz CT molecular complexity index is 710. The number of hydrogen-bond donors (Lipinski definition) is 1. The summed E-state index contributed by atoms with van der Waals surface area (Å²) in [5.41, 5.74) is 3.13. The molecule has 0 radical (unpaired) electrons. The number of H-pyrrole nitrogens is 1. The van der Waals surface area contributed by atoms with Gasteiger partial charge in [0.1, 0.15) is 11.2 Å². The third kappa shape index (κ3) is 1.31. The van der Waals surface area contributed by atoms with Gasteiger partial charge in [-0.15, -0.1) is 0 Å². The molecule has 18 heavy (non-hydrogen) atoms. The number of hydrogen-bond acceptors (Lipinski definition) is 3. The zero-order valence-corrected chi connectivity index (χ0v) is 10.3. The van der Waals surface area contributed by atoms with Crippen molar-refractivity contribution in [2.75, 3.05) is 20.1 Å². The second-order valence-corrected chi connectivity index (χ2v) is 5.09. The van der Waals surface area contributed by atoms with Crippen molar-refractivity contribution >= 4 is 22.1 Å². The maximum Gasteiger partial charge on any atom is 0.139 e. The predicted octanol–water partition coefficient (Wildman–Crippen LogP) is 1.79. The van der Waals surface area contributed by atoms with Crippen LogP contribution >= 0.6 is 0 Å². The number of likely N-dealkylation sites (tertiary alicyclic amines) is 1. The Balaban J connectivity index is 1.97. The normalized spacial score (nSPS) is 21.3. The zero-order valence-electron chi connectivity index (χ0n) is 10.3. The lowest BCUT2D eigenvalue weighted by molar-refractivity contribution is 0.395. The van der Waals surface area contributed by atoms with E-state index in [-0.39, 0.29) is 0 Å². The van der Waals surface area contributed by atoms with Gasteiger partial charge >= 0.3 is 0 Å². The van der Waals surface area contributed by atoms with E-state index in [1.54, 1.807) is 0 Å². The van der Waals surface area contributed by atoms with Crippen molar-refractivity contribution in [2.45, 2.75) is 12.5 Å². The van der Waals surface area contributed by atoms with Crippen LogP contribution in [-0.2, 0) is 0 Å². The lowest BCUT2D eigenvalue weighted by Gasteiger charge is -2.13. The fourth-order valence-corrected chi connectivity index (χ4v) is 2.95. The Morgan fingerprint density at radius 3 is 3.17 bits per heavy atom. The molecule has 0 aromatic carbocycles. The molecule has 0 bridgehead atoms. The number of aromatic nitrogens is 4. The SMILES string of the molecule is CN1CC[C@@H](n2cnc3cnc4[nH]ccc4c32)C1. The molecule has 1 aliphatic rings. The van der Waals surface area contributed by atoms with Gasteiger partial charge in [0.25, 0.3) is 0 Å². The second-order valence-electron chi connectivity index (χ2n) is 5.09. The molecule has 1 aliphatic heterocycles. The Hall–Kier alpha value is -1.88. The molecular formula is C13H15N5.